The predicted molar refractivity (Wildman–Crippen MR) is 89.6 cm³/mol. The third kappa shape index (κ3) is 6.74. The standard InChI is InChI=1S/C16H26ClN.CH4O/c1-5-12-18(6-2)13-11-16(3,4)14-7-9-15(17)10-8-14;1-2/h7-10H,5-6,11-13H2,1-4H3;2H,1H3. The van der Waals surface area contributed by atoms with Crippen LogP contribution in [-0.4, -0.2) is 36.8 Å². The van der Waals surface area contributed by atoms with Gasteiger partial charge < -0.3 is 10.0 Å². The number of rotatable bonds is 7. The average Bonchev–Trinajstić information content (AvgIpc) is 2.46. The summed E-state index contributed by atoms with van der Waals surface area (Å²) < 4.78 is 0. The lowest BCUT2D eigenvalue weighted by atomic mass is 9.81. The molecule has 0 unspecified atom stereocenters. The summed E-state index contributed by atoms with van der Waals surface area (Å²) in [4.78, 5) is 2.53. The van der Waals surface area contributed by atoms with Crippen molar-refractivity contribution in [3.05, 3.63) is 34.9 Å². The van der Waals surface area contributed by atoms with Gasteiger partial charge in [0.25, 0.3) is 0 Å². The molecule has 0 aromatic heterocycles. The SMILES string of the molecule is CCCN(CC)CCC(C)(C)c1ccc(Cl)cc1.CO. The molecular formula is C17H30ClNO. The van der Waals surface area contributed by atoms with E-state index in [2.05, 4.69) is 44.7 Å². The monoisotopic (exact) mass is 299 g/mol. The smallest absolute Gasteiger partial charge is 0.0406 e. The molecule has 0 radical (unpaired) electrons. The largest absolute Gasteiger partial charge is 0.400 e. The van der Waals surface area contributed by atoms with Crippen molar-refractivity contribution in [1.82, 2.24) is 4.90 Å². The van der Waals surface area contributed by atoms with Gasteiger partial charge in [-0.05, 0) is 55.6 Å². The highest BCUT2D eigenvalue weighted by molar-refractivity contribution is 6.30. The van der Waals surface area contributed by atoms with Crippen molar-refractivity contribution < 1.29 is 5.11 Å². The van der Waals surface area contributed by atoms with Crippen LogP contribution in [0.15, 0.2) is 24.3 Å². The topological polar surface area (TPSA) is 23.5 Å². The molecule has 0 heterocycles. The van der Waals surface area contributed by atoms with E-state index < -0.39 is 0 Å². The van der Waals surface area contributed by atoms with E-state index in [1.165, 1.54) is 31.5 Å². The fourth-order valence-corrected chi connectivity index (χ4v) is 2.35. The Labute approximate surface area is 129 Å². The molecule has 0 spiro atoms. The van der Waals surface area contributed by atoms with Gasteiger partial charge in [0.2, 0.25) is 0 Å². The lowest BCUT2D eigenvalue weighted by Gasteiger charge is -2.29. The van der Waals surface area contributed by atoms with E-state index in [0.29, 0.717) is 0 Å². The van der Waals surface area contributed by atoms with Crippen LogP contribution >= 0.6 is 11.6 Å². The highest BCUT2D eigenvalue weighted by Crippen LogP contribution is 2.28. The van der Waals surface area contributed by atoms with Crippen LogP contribution in [-0.2, 0) is 5.41 Å². The highest BCUT2D eigenvalue weighted by Gasteiger charge is 2.21. The molecule has 0 aliphatic carbocycles. The molecule has 1 aromatic carbocycles. The van der Waals surface area contributed by atoms with Gasteiger partial charge in [0.1, 0.15) is 0 Å². The number of hydrogen-bond acceptors (Lipinski definition) is 2. The first-order chi connectivity index (χ1) is 9.49. The van der Waals surface area contributed by atoms with Crippen LogP contribution in [0.4, 0.5) is 0 Å². The number of benzene rings is 1. The first-order valence-electron chi connectivity index (χ1n) is 7.42. The molecule has 3 heteroatoms. The second-order valence-corrected chi connectivity index (χ2v) is 6.01. The lowest BCUT2D eigenvalue weighted by molar-refractivity contribution is 0.259. The molecular weight excluding hydrogens is 270 g/mol. The number of hydrogen-bond donors (Lipinski definition) is 1. The minimum absolute atomic E-state index is 0.214. The summed E-state index contributed by atoms with van der Waals surface area (Å²) in [5, 5.41) is 7.82. The predicted octanol–water partition coefficient (Wildman–Crippen LogP) is 4.35. The normalized spacial score (nSPS) is 11.2. The molecule has 0 aliphatic heterocycles. The zero-order valence-corrected chi connectivity index (χ0v) is 14.4. The molecule has 2 nitrogen and oxygen atoms in total. The summed E-state index contributed by atoms with van der Waals surface area (Å²) in [6.45, 7) is 12.6. The van der Waals surface area contributed by atoms with Crippen molar-refractivity contribution >= 4 is 11.6 Å². The second-order valence-electron chi connectivity index (χ2n) is 5.58. The zero-order valence-electron chi connectivity index (χ0n) is 13.6. The molecule has 0 saturated heterocycles. The Bertz CT molecular complexity index is 349. The van der Waals surface area contributed by atoms with Crippen molar-refractivity contribution in [3.8, 4) is 0 Å². The van der Waals surface area contributed by atoms with Gasteiger partial charge in [-0.15, -0.1) is 0 Å². The van der Waals surface area contributed by atoms with Crippen molar-refractivity contribution in [3.63, 3.8) is 0 Å². The molecule has 0 fully saturated rings. The van der Waals surface area contributed by atoms with E-state index in [4.69, 9.17) is 16.7 Å². The highest BCUT2D eigenvalue weighted by atomic mass is 35.5. The molecule has 0 amide bonds. The Balaban J connectivity index is 0.00000172. The number of nitrogens with zero attached hydrogens (tertiary/aromatic N) is 1. The molecule has 0 saturated carbocycles. The number of aliphatic hydroxyl groups is 1. The van der Waals surface area contributed by atoms with E-state index in [1.54, 1.807) is 0 Å². The molecule has 0 bridgehead atoms. The minimum atomic E-state index is 0.214. The van der Waals surface area contributed by atoms with E-state index in [9.17, 15) is 0 Å². The van der Waals surface area contributed by atoms with Gasteiger partial charge >= 0.3 is 0 Å². The maximum atomic E-state index is 7.00. The molecule has 1 aromatic rings. The van der Waals surface area contributed by atoms with Crippen LogP contribution in [0, 0.1) is 0 Å². The molecule has 1 N–H and O–H groups in total. The lowest BCUT2D eigenvalue weighted by Crippen LogP contribution is -2.30. The molecule has 20 heavy (non-hydrogen) atoms. The van der Waals surface area contributed by atoms with Gasteiger partial charge in [-0.3, -0.25) is 0 Å². The van der Waals surface area contributed by atoms with Gasteiger partial charge in [-0.2, -0.15) is 0 Å². The zero-order chi connectivity index (χ0) is 15.6. The fraction of sp³-hybridized carbons (Fsp3) is 0.647. The Kier molecular flexibility index (Phi) is 9.91. The van der Waals surface area contributed by atoms with Gasteiger partial charge in [-0.25, -0.2) is 0 Å². The Morgan fingerprint density at radius 2 is 1.60 bits per heavy atom. The average molecular weight is 300 g/mol. The Morgan fingerprint density at radius 1 is 1.05 bits per heavy atom. The summed E-state index contributed by atoms with van der Waals surface area (Å²) in [7, 11) is 1.00. The van der Waals surface area contributed by atoms with Gasteiger partial charge in [0.15, 0.2) is 0 Å². The van der Waals surface area contributed by atoms with Crippen LogP contribution < -0.4 is 0 Å². The Hall–Kier alpha value is -0.570. The second kappa shape index (κ2) is 10.2. The molecule has 116 valence electrons. The van der Waals surface area contributed by atoms with E-state index in [-0.39, 0.29) is 5.41 Å². The first kappa shape index (κ1) is 19.4. The summed E-state index contributed by atoms with van der Waals surface area (Å²) in [6.07, 6.45) is 2.41. The van der Waals surface area contributed by atoms with Crippen LogP contribution in [0.3, 0.4) is 0 Å². The minimum Gasteiger partial charge on any atom is -0.400 e. The van der Waals surface area contributed by atoms with Crippen LogP contribution in [0.1, 0.15) is 46.1 Å². The maximum Gasteiger partial charge on any atom is 0.0406 e. The van der Waals surface area contributed by atoms with E-state index in [1.807, 2.05) is 12.1 Å². The van der Waals surface area contributed by atoms with Crippen molar-refractivity contribution in [1.29, 1.82) is 0 Å². The summed E-state index contributed by atoms with van der Waals surface area (Å²) in [5.74, 6) is 0. The van der Waals surface area contributed by atoms with E-state index >= 15 is 0 Å². The van der Waals surface area contributed by atoms with Gasteiger partial charge in [0.05, 0.1) is 0 Å². The summed E-state index contributed by atoms with van der Waals surface area (Å²) >= 11 is 5.94. The quantitative estimate of drug-likeness (QED) is 0.809. The third-order valence-corrected chi connectivity index (χ3v) is 3.92. The first-order valence-corrected chi connectivity index (χ1v) is 7.80. The van der Waals surface area contributed by atoms with Gasteiger partial charge in [-0.1, -0.05) is 51.4 Å². The third-order valence-electron chi connectivity index (χ3n) is 3.67. The van der Waals surface area contributed by atoms with Crippen molar-refractivity contribution in [2.45, 2.75) is 46.0 Å². The molecule has 0 atom stereocenters. The molecule has 0 aliphatic rings. The van der Waals surface area contributed by atoms with Crippen LogP contribution in [0.2, 0.25) is 5.02 Å². The summed E-state index contributed by atoms with van der Waals surface area (Å²) in [6, 6.07) is 8.28. The van der Waals surface area contributed by atoms with Gasteiger partial charge in [0, 0.05) is 12.1 Å². The molecule has 1 rings (SSSR count). The maximum absolute atomic E-state index is 7.00. The van der Waals surface area contributed by atoms with E-state index in [0.717, 1.165) is 18.7 Å². The fourth-order valence-electron chi connectivity index (χ4n) is 2.23. The number of halogens is 1. The van der Waals surface area contributed by atoms with Crippen LogP contribution in [0.5, 0.6) is 0 Å². The Morgan fingerprint density at radius 3 is 2.05 bits per heavy atom. The van der Waals surface area contributed by atoms with Crippen LogP contribution in [0.25, 0.3) is 0 Å². The number of aliphatic hydroxyl groups excluding tert-OH is 1. The van der Waals surface area contributed by atoms with Crippen molar-refractivity contribution in [2.75, 3.05) is 26.7 Å². The summed E-state index contributed by atoms with van der Waals surface area (Å²) in [5.41, 5.74) is 1.59. The van der Waals surface area contributed by atoms with Crippen molar-refractivity contribution in [2.24, 2.45) is 0 Å².